The van der Waals surface area contributed by atoms with Crippen molar-refractivity contribution in [3.63, 3.8) is 0 Å². The van der Waals surface area contributed by atoms with E-state index in [0.29, 0.717) is 19.5 Å². The predicted octanol–water partition coefficient (Wildman–Crippen LogP) is 2.01. The molecule has 2 heterocycles. The molecule has 0 saturated carbocycles. The first-order valence-electron chi connectivity index (χ1n) is 7.76. The first kappa shape index (κ1) is 14.6. The minimum absolute atomic E-state index is 0.0322. The fourth-order valence-corrected chi connectivity index (χ4v) is 3.18. The molecule has 3 rings (SSSR count). The molecule has 0 radical (unpaired) electrons. The second-order valence-electron chi connectivity index (χ2n) is 5.92. The standard InChI is InChI=1S/C17H21N3O2/c1-12-9-13-10-18-14-5-4-6-15(17(13)14)20(7-2-3-8-21)11-16(22)19-12/h4-6,8,10,12,18H,2-3,7,9,11H2,1H3,(H,19,22). The maximum Gasteiger partial charge on any atom is 0.239 e. The lowest BCUT2D eigenvalue weighted by molar-refractivity contribution is -0.120. The number of nitrogens with one attached hydrogen (secondary N) is 2. The minimum Gasteiger partial charge on any atom is -0.362 e. The zero-order valence-corrected chi connectivity index (χ0v) is 12.8. The van der Waals surface area contributed by atoms with Gasteiger partial charge in [0.2, 0.25) is 5.91 Å². The van der Waals surface area contributed by atoms with Gasteiger partial charge >= 0.3 is 0 Å². The lowest BCUT2D eigenvalue weighted by Gasteiger charge is -2.24. The van der Waals surface area contributed by atoms with Crippen LogP contribution in [-0.4, -0.2) is 36.3 Å². The van der Waals surface area contributed by atoms with Crippen LogP contribution in [0.4, 0.5) is 5.69 Å². The van der Waals surface area contributed by atoms with Crippen molar-refractivity contribution in [1.82, 2.24) is 10.3 Å². The third-order valence-corrected chi connectivity index (χ3v) is 4.12. The zero-order valence-electron chi connectivity index (χ0n) is 12.8. The topological polar surface area (TPSA) is 65.2 Å². The molecule has 2 aromatic rings. The highest BCUT2D eigenvalue weighted by Gasteiger charge is 2.21. The third kappa shape index (κ3) is 2.84. The fourth-order valence-electron chi connectivity index (χ4n) is 3.18. The van der Waals surface area contributed by atoms with Crippen LogP contribution in [0.15, 0.2) is 24.4 Å². The first-order chi connectivity index (χ1) is 10.7. The molecular formula is C17H21N3O2. The molecule has 5 heteroatoms. The second kappa shape index (κ2) is 6.22. The van der Waals surface area contributed by atoms with Gasteiger partial charge in [0.15, 0.2) is 0 Å². The number of aromatic amines is 1. The van der Waals surface area contributed by atoms with Crippen LogP contribution >= 0.6 is 0 Å². The number of benzene rings is 1. The van der Waals surface area contributed by atoms with Gasteiger partial charge in [-0.15, -0.1) is 0 Å². The molecule has 1 aliphatic heterocycles. The average molecular weight is 299 g/mol. The summed E-state index contributed by atoms with van der Waals surface area (Å²) in [4.78, 5) is 28.2. The molecule has 0 aliphatic carbocycles. The number of H-pyrrole nitrogens is 1. The number of carbonyl (C=O) groups excluding carboxylic acids is 2. The Bertz CT molecular complexity index is 692. The highest BCUT2D eigenvalue weighted by Crippen LogP contribution is 2.31. The number of nitrogens with zero attached hydrogens (tertiary/aromatic N) is 1. The lowest BCUT2D eigenvalue weighted by atomic mass is 10.0. The molecule has 22 heavy (non-hydrogen) atoms. The van der Waals surface area contributed by atoms with E-state index in [4.69, 9.17) is 0 Å². The van der Waals surface area contributed by atoms with Gasteiger partial charge in [-0.3, -0.25) is 4.79 Å². The Kier molecular flexibility index (Phi) is 4.13. The maximum absolute atomic E-state index is 12.2. The van der Waals surface area contributed by atoms with Crippen LogP contribution in [0.2, 0.25) is 0 Å². The van der Waals surface area contributed by atoms with Crippen LogP contribution in [0.1, 0.15) is 25.3 Å². The van der Waals surface area contributed by atoms with Crippen molar-refractivity contribution in [2.45, 2.75) is 32.2 Å². The fraction of sp³-hybridized carbons (Fsp3) is 0.412. The van der Waals surface area contributed by atoms with Gasteiger partial charge in [-0.25, -0.2) is 0 Å². The normalized spacial score (nSPS) is 18.5. The lowest BCUT2D eigenvalue weighted by Crippen LogP contribution is -2.41. The second-order valence-corrected chi connectivity index (χ2v) is 5.92. The molecule has 0 fully saturated rings. The van der Waals surface area contributed by atoms with E-state index in [0.717, 1.165) is 30.3 Å². The van der Waals surface area contributed by atoms with Gasteiger partial charge < -0.3 is 20.0 Å². The Morgan fingerprint density at radius 2 is 2.27 bits per heavy atom. The van der Waals surface area contributed by atoms with Crippen molar-refractivity contribution in [2.24, 2.45) is 0 Å². The van der Waals surface area contributed by atoms with Crippen LogP contribution in [0.5, 0.6) is 0 Å². The summed E-state index contributed by atoms with van der Waals surface area (Å²) < 4.78 is 0. The van der Waals surface area contributed by atoms with E-state index >= 15 is 0 Å². The Hall–Kier alpha value is -2.30. The number of carbonyl (C=O) groups is 2. The van der Waals surface area contributed by atoms with Crippen LogP contribution in [-0.2, 0) is 16.0 Å². The summed E-state index contributed by atoms with van der Waals surface area (Å²) in [6.45, 7) is 3.05. The molecular weight excluding hydrogens is 278 g/mol. The molecule has 1 atom stereocenters. The van der Waals surface area contributed by atoms with Gasteiger partial charge in [0, 0.05) is 41.8 Å². The number of aldehydes is 1. The van der Waals surface area contributed by atoms with Crippen LogP contribution < -0.4 is 10.2 Å². The van der Waals surface area contributed by atoms with Gasteiger partial charge in [0.25, 0.3) is 0 Å². The molecule has 1 aliphatic rings. The third-order valence-electron chi connectivity index (χ3n) is 4.12. The Morgan fingerprint density at radius 1 is 1.41 bits per heavy atom. The Balaban J connectivity index is 2.04. The maximum atomic E-state index is 12.2. The van der Waals surface area contributed by atoms with E-state index in [9.17, 15) is 9.59 Å². The summed E-state index contributed by atoms with van der Waals surface area (Å²) in [5, 5.41) is 4.24. The first-order valence-corrected chi connectivity index (χ1v) is 7.76. The zero-order chi connectivity index (χ0) is 15.5. The molecule has 1 aromatic carbocycles. The monoisotopic (exact) mass is 299 g/mol. The highest BCUT2D eigenvalue weighted by atomic mass is 16.2. The van der Waals surface area contributed by atoms with E-state index in [1.807, 2.05) is 19.2 Å². The van der Waals surface area contributed by atoms with Crippen LogP contribution in [0.25, 0.3) is 10.9 Å². The number of hydrogen-bond acceptors (Lipinski definition) is 3. The largest absolute Gasteiger partial charge is 0.362 e. The molecule has 1 amide bonds. The summed E-state index contributed by atoms with van der Waals surface area (Å²) in [6, 6.07) is 6.23. The van der Waals surface area contributed by atoms with E-state index in [2.05, 4.69) is 27.3 Å². The minimum atomic E-state index is 0.0322. The molecule has 0 spiro atoms. The molecule has 1 aromatic heterocycles. The molecule has 0 bridgehead atoms. The number of aromatic nitrogens is 1. The summed E-state index contributed by atoms with van der Waals surface area (Å²) in [7, 11) is 0. The number of amides is 1. The molecule has 116 valence electrons. The number of rotatable bonds is 4. The number of unbranched alkanes of at least 4 members (excludes halogenated alkanes) is 1. The quantitative estimate of drug-likeness (QED) is 0.670. The van der Waals surface area contributed by atoms with E-state index < -0.39 is 0 Å². The number of hydrogen-bond donors (Lipinski definition) is 2. The van der Waals surface area contributed by atoms with E-state index in [1.54, 1.807) is 0 Å². The van der Waals surface area contributed by atoms with E-state index in [1.165, 1.54) is 10.9 Å². The van der Waals surface area contributed by atoms with Crippen molar-refractivity contribution in [3.05, 3.63) is 30.0 Å². The molecule has 2 N–H and O–H groups in total. The average Bonchev–Trinajstić information content (AvgIpc) is 2.90. The molecule has 0 saturated heterocycles. The van der Waals surface area contributed by atoms with Crippen molar-refractivity contribution < 1.29 is 9.59 Å². The predicted molar refractivity (Wildman–Crippen MR) is 87.1 cm³/mol. The smallest absolute Gasteiger partial charge is 0.239 e. The number of anilines is 1. The van der Waals surface area contributed by atoms with Gasteiger partial charge in [0.1, 0.15) is 6.29 Å². The Morgan fingerprint density at radius 3 is 3.09 bits per heavy atom. The van der Waals surface area contributed by atoms with E-state index in [-0.39, 0.29) is 11.9 Å². The molecule has 5 nitrogen and oxygen atoms in total. The summed E-state index contributed by atoms with van der Waals surface area (Å²) in [5.74, 6) is 0.0322. The van der Waals surface area contributed by atoms with Crippen molar-refractivity contribution >= 4 is 28.8 Å². The van der Waals surface area contributed by atoms with Crippen LogP contribution in [0.3, 0.4) is 0 Å². The van der Waals surface area contributed by atoms with Crippen molar-refractivity contribution in [3.8, 4) is 0 Å². The van der Waals surface area contributed by atoms with Crippen LogP contribution in [0, 0.1) is 0 Å². The summed E-state index contributed by atoms with van der Waals surface area (Å²) >= 11 is 0. The SMILES string of the molecule is CC1Cc2c[nH]c3cccc(c23)N(CCCC=O)CC(=O)N1. The van der Waals surface area contributed by atoms with Gasteiger partial charge in [-0.1, -0.05) is 6.07 Å². The summed E-state index contributed by atoms with van der Waals surface area (Å²) in [5.41, 5.74) is 3.39. The summed E-state index contributed by atoms with van der Waals surface area (Å²) in [6.07, 6.45) is 5.05. The highest BCUT2D eigenvalue weighted by molar-refractivity contribution is 5.97. The Labute approximate surface area is 129 Å². The van der Waals surface area contributed by atoms with Gasteiger partial charge in [-0.2, -0.15) is 0 Å². The van der Waals surface area contributed by atoms with Crippen molar-refractivity contribution in [1.29, 1.82) is 0 Å². The van der Waals surface area contributed by atoms with Crippen molar-refractivity contribution in [2.75, 3.05) is 18.0 Å². The molecule has 1 unspecified atom stereocenters. The van der Waals surface area contributed by atoms with Gasteiger partial charge in [-0.05, 0) is 37.5 Å². The van der Waals surface area contributed by atoms with Gasteiger partial charge in [0.05, 0.1) is 6.54 Å².